The molecule has 1 aromatic rings. The number of carbonyl (C=O) groups excluding carboxylic acids is 2. The lowest BCUT2D eigenvalue weighted by atomic mass is 10.2. The second-order valence-electron chi connectivity index (χ2n) is 4.74. The number of nitrogens with one attached hydrogen (secondary N) is 1. The monoisotopic (exact) mass is 328 g/mol. The number of esters is 1. The van der Waals surface area contributed by atoms with Crippen molar-refractivity contribution in [2.45, 2.75) is 18.2 Å². The first-order valence-corrected chi connectivity index (χ1v) is 8.19. The van der Waals surface area contributed by atoms with Crippen molar-refractivity contribution in [2.75, 3.05) is 27.2 Å². The highest BCUT2D eigenvalue weighted by Gasteiger charge is 2.19. The average molecular weight is 328 g/mol. The SMILES string of the molecule is CCCNC(=O)COC(=O)c1cccc(S(=O)(=O)N(C)C)c1. The van der Waals surface area contributed by atoms with Gasteiger partial charge in [-0.15, -0.1) is 0 Å². The van der Waals surface area contributed by atoms with Crippen molar-refractivity contribution in [2.24, 2.45) is 0 Å². The third kappa shape index (κ3) is 4.81. The predicted octanol–water partition coefficient (Wildman–Crippen LogP) is 0.620. The quantitative estimate of drug-likeness (QED) is 0.741. The van der Waals surface area contributed by atoms with E-state index in [0.29, 0.717) is 6.54 Å². The van der Waals surface area contributed by atoms with Crippen molar-refractivity contribution >= 4 is 21.9 Å². The molecule has 0 saturated heterocycles. The maximum Gasteiger partial charge on any atom is 0.338 e. The maximum absolute atomic E-state index is 12.0. The van der Waals surface area contributed by atoms with E-state index in [-0.39, 0.29) is 10.5 Å². The lowest BCUT2D eigenvalue weighted by molar-refractivity contribution is -0.124. The Bertz CT molecular complexity index is 640. The summed E-state index contributed by atoms with van der Waals surface area (Å²) >= 11 is 0. The first-order chi connectivity index (χ1) is 10.3. The Morgan fingerprint density at radius 2 is 1.95 bits per heavy atom. The van der Waals surface area contributed by atoms with Gasteiger partial charge in [0.1, 0.15) is 0 Å². The molecule has 0 atom stereocenters. The first-order valence-electron chi connectivity index (χ1n) is 6.75. The summed E-state index contributed by atoms with van der Waals surface area (Å²) in [6.45, 7) is 2.01. The molecule has 0 aliphatic carbocycles. The fourth-order valence-electron chi connectivity index (χ4n) is 1.52. The van der Waals surface area contributed by atoms with Gasteiger partial charge in [-0.25, -0.2) is 17.5 Å². The van der Waals surface area contributed by atoms with Crippen LogP contribution in [0.15, 0.2) is 29.2 Å². The van der Waals surface area contributed by atoms with Gasteiger partial charge in [0, 0.05) is 20.6 Å². The highest BCUT2D eigenvalue weighted by Crippen LogP contribution is 2.15. The van der Waals surface area contributed by atoms with Crippen molar-refractivity contribution in [1.82, 2.24) is 9.62 Å². The molecule has 1 N–H and O–H groups in total. The number of carbonyl (C=O) groups is 2. The van der Waals surface area contributed by atoms with E-state index >= 15 is 0 Å². The number of hydrogen-bond donors (Lipinski definition) is 1. The molecule has 0 fully saturated rings. The van der Waals surface area contributed by atoms with Crippen LogP contribution < -0.4 is 5.32 Å². The Balaban J connectivity index is 2.78. The minimum atomic E-state index is -3.63. The van der Waals surface area contributed by atoms with E-state index in [0.717, 1.165) is 10.7 Å². The summed E-state index contributed by atoms with van der Waals surface area (Å²) in [5.74, 6) is -1.14. The number of benzene rings is 1. The number of hydrogen-bond acceptors (Lipinski definition) is 5. The summed E-state index contributed by atoms with van der Waals surface area (Å²) in [5.41, 5.74) is 0.0752. The van der Waals surface area contributed by atoms with Crippen LogP contribution in [0.5, 0.6) is 0 Å². The number of rotatable bonds is 7. The van der Waals surface area contributed by atoms with Gasteiger partial charge in [-0.2, -0.15) is 0 Å². The third-order valence-electron chi connectivity index (χ3n) is 2.75. The molecule has 0 unspecified atom stereocenters. The predicted molar refractivity (Wildman–Crippen MR) is 80.9 cm³/mol. The molecule has 0 saturated carbocycles. The lowest BCUT2D eigenvalue weighted by Crippen LogP contribution is -2.29. The molecule has 7 nitrogen and oxygen atoms in total. The van der Waals surface area contributed by atoms with Crippen LogP contribution >= 0.6 is 0 Å². The molecule has 1 amide bonds. The summed E-state index contributed by atoms with van der Waals surface area (Å²) in [5, 5.41) is 2.57. The van der Waals surface area contributed by atoms with Crippen molar-refractivity contribution in [3.05, 3.63) is 29.8 Å². The average Bonchev–Trinajstić information content (AvgIpc) is 2.50. The van der Waals surface area contributed by atoms with Crippen molar-refractivity contribution < 1.29 is 22.7 Å². The molecule has 0 bridgehead atoms. The Morgan fingerprint density at radius 1 is 1.27 bits per heavy atom. The highest BCUT2D eigenvalue weighted by molar-refractivity contribution is 7.89. The zero-order valence-corrected chi connectivity index (χ0v) is 13.6. The van der Waals surface area contributed by atoms with Gasteiger partial charge in [0.05, 0.1) is 10.5 Å². The summed E-state index contributed by atoms with van der Waals surface area (Å²) in [7, 11) is -0.828. The minimum absolute atomic E-state index is 0.0117. The van der Waals surface area contributed by atoms with Gasteiger partial charge in [-0.1, -0.05) is 13.0 Å². The van der Waals surface area contributed by atoms with Crippen molar-refractivity contribution in [3.63, 3.8) is 0 Å². The van der Waals surface area contributed by atoms with Crippen LogP contribution in [-0.4, -0.2) is 51.8 Å². The fraction of sp³-hybridized carbons (Fsp3) is 0.429. The molecular weight excluding hydrogens is 308 g/mol. The fourth-order valence-corrected chi connectivity index (χ4v) is 2.47. The van der Waals surface area contributed by atoms with E-state index in [2.05, 4.69) is 5.32 Å². The van der Waals surface area contributed by atoms with Crippen molar-refractivity contribution in [1.29, 1.82) is 0 Å². The molecular formula is C14H20N2O5S. The topological polar surface area (TPSA) is 92.8 Å². The second kappa shape index (κ2) is 7.90. The smallest absolute Gasteiger partial charge is 0.338 e. The number of sulfonamides is 1. The lowest BCUT2D eigenvalue weighted by Gasteiger charge is -2.12. The molecule has 22 heavy (non-hydrogen) atoms. The zero-order chi connectivity index (χ0) is 16.8. The van der Waals surface area contributed by atoms with Crippen LogP contribution in [0.25, 0.3) is 0 Å². The molecule has 0 aliphatic rings. The molecule has 0 heterocycles. The van der Waals surface area contributed by atoms with Crippen LogP contribution in [0.3, 0.4) is 0 Å². The van der Waals surface area contributed by atoms with Gasteiger partial charge < -0.3 is 10.1 Å². The molecule has 122 valence electrons. The van der Waals surface area contributed by atoms with E-state index in [1.165, 1.54) is 38.4 Å². The molecule has 0 aliphatic heterocycles. The largest absolute Gasteiger partial charge is 0.452 e. The third-order valence-corrected chi connectivity index (χ3v) is 4.57. The second-order valence-corrected chi connectivity index (χ2v) is 6.89. The Morgan fingerprint density at radius 3 is 2.55 bits per heavy atom. The van der Waals surface area contributed by atoms with E-state index < -0.39 is 28.5 Å². The van der Waals surface area contributed by atoms with Crippen LogP contribution in [0.4, 0.5) is 0 Å². The van der Waals surface area contributed by atoms with Crippen LogP contribution in [-0.2, 0) is 19.6 Å². The summed E-state index contributed by atoms with van der Waals surface area (Å²) in [6, 6.07) is 5.49. The van der Waals surface area contributed by atoms with E-state index in [1.54, 1.807) is 0 Å². The van der Waals surface area contributed by atoms with Gasteiger partial charge >= 0.3 is 5.97 Å². The van der Waals surface area contributed by atoms with E-state index in [9.17, 15) is 18.0 Å². The van der Waals surface area contributed by atoms with Gasteiger partial charge in [0.15, 0.2) is 6.61 Å². The number of nitrogens with zero attached hydrogens (tertiary/aromatic N) is 1. The Labute approximate surface area is 130 Å². The molecule has 0 spiro atoms. The zero-order valence-electron chi connectivity index (χ0n) is 12.8. The van der Waals surface area contributed by atoms with Crippen LogP contribution in [0.2, 0.25) is 0 Å². The molecule has 1 rings (SSSR count). The number of ether oxygens (including phenoxy) is 1. The summed E-state index contributed by atoms with van der Waals surface area (Å²) < 4.78 is 29.9. The first kappa shape index (κ1) is 18.1. The molecule has 8 heteroatoms. The summed E-state index contributed by atoms with van der Waals surface area (Å²) in [4.78, 5) is 23.2. The van der Waals surface area contributed by atoms with Gasteiger partial charge in [0.25, 0.3) is 5.91 Å². The van der Waals surface area contributed by atoms with Crippen LogP contribution in [0, 0.1) is 0 Å². The van der Waals surface area contributed by atoms with Gasteiger partial charge in [-0.3, -0.25) is 4.79 Å². The highest BCUT2D eigenvalue weighted by atomic mass is 32.2. The van der Waals surface area contributed by atoms with Crippen LogP contribution in [0.1, 0.15) is 23.7 Å². The van der Waals surface area contributed by atoms with Crippen molar-refractivity contribution in [3.8, 4) is 0 Å². The standard InChI is InChI=1S/C14H20N2O5S/c1-4-8-15-13(17)10-21-14(18)11-6-5-7-12(9-11)22(19,20)16(2)3/h5-7,9H,4,8,10H2,1-3H3,(H,15,17). The molecule has 0 radical (unpaired) electrons. The molecule has 1 aromatic carbocycles. The maximum atomic E-state index is 12.0. The van der Waals surface area contributed by atoms with E-state index in [1.807, 2.05) is 6.92 Å². The Kier molecular flexibility index (Phi) is 6.51. The summed E-state index contributed by atoms with van der Waals surface area (Å²) in [6.07, 6.45) is 0.782. The molecule has 0 aromatic heterocycles. The van der Waals surface area contributed by atoms with Gasteiger partial charge in [-0.05, 0) is 24.6 Å². The number of amides is 1. The van der Waals surface area contributed by atoms with E-state index in [4.69, 9.17) is 4.74 Å². The Hall–Kier alpha value is -1.93. The minimum Gasteiger partial charge on any atom is -0.452 e. The normalized spacial score (nSPS) is 11.3. The van der Waals surface area contributed by atoms with Gasteiger partial charge in [0.2, 0.25) is 10.0 Å².